The highest BCUT2D eigenvalue weighted by Crippen LogP contribution is 2.25. The number of halogens is 3. The van der Waals surface area contributed by atoms with Crippen LogP contribution in [0, 0.1) is 5.82 Å². The molecule has 0 radical (unpaired) electrons. The third-order valence-electron chi connectivity index (χ3n) is 4.65. The standard InChI is InChI=1S/C24H29Cl2FN2O2S/c1-5-21(23(31)28-24(2,3)4)29(13-16-6-10-19(27)11-7-16)22(30)15-32-14-17-8-9-18(25)12-20(17)26/h6-12,21H,5,13-15H2,1-4H3,(H,28,31)/t21-/m0/s1. The van der Waals surface area contributed by atoms with Crippen LogP contribution in [0.5, 0.6) is 0 Å². The van der Waals surface area contributed by atoms with Crippen molar-refractivity contribution in [2.45, 2.75) is 58.0 Å². The number of thioether (sulfide) groups is 1. The fourth-order valence-electron chi connectivity index (χ4n) is 3.13. The van der Waals surface area contributed by atoms with Gasteiger partial charge in [-0.15, -0.1) is 11.8 Å². The Morgan fingerprint density at radius 2 is 1.78 bits per heavy atom. The van der Waals surface area contributed by atoms with Gasteiger partial charge in [-0.05, 0) is 62.6 Å². The molecule has 32 heavy (non-hydrogen) atoms. The number of hydrogen-bond acceptors (Lipinski definition) is 3. The molecular weight excluding hydrogens is 470 g/mol. The maximum atomic E-state index is 13.3. The van der Waals surface area contributed by atoms with Crippen molar-refractivity contribution in [2.75, 3.05) is 5.75 Å². The average Bonchev–Trinajstić information content (AvgIpc) is 2.69. The third kappa shape index (κ3) is 8.30. The fourth-order valence-corrected chi connectivity index (χ4v) is 4.60. The van der Waals surface area contributed by atoms with Crippen molar-refractivity contribution < 1.29 is 14.0 Å². The van der Waals surface area contributed by atoms with Gasteiger partial charge in [0.15, 0.2) is 0 Å². The number of nitrogens with zero attached hydrogens (tertiary/aromatic N) is 1. The van der Waals surface area contributed by atoms with Crippen molar-refractivity contribution >= 4 is 46.8 Å². The van der Waals surface area contributed by atoms with E-state index in [9.17, 15) is 14.0 Å². The summed E-state index contributed by atoms with van der Waals surface area (Å²) < 4.78 is 13.3. The molecule has 0 saturated heterocycles. The molecule has 2 rings (SSSR count). The second-order valence-corrected chi connectivity index (χ2v) is 10.4. The van der Waals surface area contributed by atoms with E-state index in [-0.39, 0.29) is 29.9 Å². The van der Waals surface area contributed by atoms with Gasteiger partial charge in [0, 0.05) is 27.9 Å². The van der Waals surface area contributed by atoms with Crippen molar-refractivity contribution in [1.29, 1.82) is 0 Å². The van der Waals surface area contributed by atoms with Gasteiger partial charge in [0.25, 0.3) is 0 Å². The van der Waals surface area contributed by atoms with Crippen LogP contribution in [0.4, 0.5) is 4.39 Å². The topological polar surface area (TPSA) is 49.4 Å². The van der Waals surface area contributed by atoms with Gasteiger partial charge in [0.1, 0.15) is 11.9 Å². The Hall–Kier alpha value is -1.76. The monoisotopic (exact) mass is 498 g/mol. The van der Waals surface area contributed by atoms with Crippen LogP contribution < -0.4 is 5.32 Å². The van der Waals surface area contributed by atoms with Gasteiger partial charge >= 0.3 is 0 Å². The summed E-state index contributed by atoms with van der Waals surface area (Å²) in [5.41, 5.74) is 1.22. The number of benzene rings is 2. The lowest BCUT2D eigenvalue weighted by Crippen LogP contribution is -2.53. The van der Waals surface area contributed by atoms with Gasteiger partial charge < -0.3 is 10.2 Å². The number of carbonyl (C=O) groups excluding carboxylic acids is 2. The first-order valence-electron chi connectivity index (χ1n) is 10.4. The minimum Gasteiger partial charge on any atom is -0.350 e. The number of hydrogen-bond donors (Lipinski definition) is 1. The highest BCUT2D eigenvalue weighted by molar-refractivity contribution is 7.99. The van der Waals surface area contributed by atoms with E-state index < -0.39 is 11.6 Å². The van der Waals surface area contributed by atoms with Gasteiger partial charge in [-0.2, -0.15) is 0 Å². The molecule has 1 atom stereocenters. The van der Waals surface area contributed by atoms with Gasteiger partial charge in [0.05, 0.1) is 5.75 Å². The van der Waals surface area contributed by atoms with E-state index in [1.54, 1.807) is 29.2 Å². The number of amides is 2. The molecule has 0 aliphatic carbocycles. The van der Waals surface area contributed by atoms with Crippen LogP contribution in [0.25, 0.3) is 0 Å². The maximum Gasteiger partial charge on any atom is 0.243 e. The molecule has 0 unspecified atom stereocenters. The Kier molecular flexibility index (Phi) is 9.86. The first kappa shape index (κ1) is 26.5. The second kappa shape index (κ2) is 11.9. The van der Waals surface area contributed by atoms with E-state index in [2.05, 4.69) is 5.32 Å². The zero-order valence-corrected chi connectivity index (χ0v) is 21.1. The van der Waals surface area contributed by atoms with Gasteiger partial charge in [-0.25, -0.2) is 4.39 Å². The zero-order chi connectivity index (χ0) is 23.9. The number of rotatable bonds is 9. The van der Waals surface area contributed by atoms with E-state index in [0.717, 1.165) is 11.1 Å². The minimum absolute atomic E-state index is 0.166. The van der Waals surface area contributed by atoms with E-state index in [1.807, 2.05) is 33.8 Å². The molecule has 0 aliphatic heterocycles. The molecule has 2 amide bonds. The van der Waals surface area contributed by atoms with Crippen LogP contribution in [0.3, 0.4) is 0 Å². The molecule has 1 N–H and O–H groups in total. The van der Waals surface area contributed by atoms with E-state index in [4.69, 9.17) is 23.2 Å². The lowest BCUT2D eigenvalue weighted by molar-refractivity contribution is -0.140. The van der Waals surface area contributed by atoms with Gasteiger partial charge in [-0.1, -0.05) is 48.3 Å². The molecule has 0 spiro atoms. The van der Waals surface area contributed by atoms with E-state index in [0.29, 0.717) is 22.2 Å². The lowest BCUT2D eigenvalue weighted by Gasteiger charge is -2.33. The first-order valence-corrected chi connectivity index (χ1v) is 12.3. The normalized spacial score (nSPS) is 12.3. The Balaban J connectivity index is 2.16. The third-order valence-corrected chi connectivity index (χ3v) is 6.20. The van der Waals surface area contributed by atoms with Crippen molar-refractivity contribution in [3.05, 3.63) is 69.5 Å². The molecular formula is C24H29Cl2FN2O2S. The molecule has 4 nitrogen and oxygen atoms in total. The summed E-state index contributed by atoms with van der Waals surface area (Å²) in [5.74, 6) is -0.00242. The van der Waals surface area contributed by atoms with Crippen LogP contribution in [0.2, 0.25) is 10.0 Å². The molecule has 2 aromatic carbocycles. The second-order valence-electron chi connectivity index (χ2n) is 8.54. The Morgan fingerprint density at radius 1 is 1.12 bits per heavy atom. The van der Waals surface area contributed by atoms with Crippen LogP contribution in [0.1, 0.15) is 45.2 Å². The highest BCUT2D eigenvalue weighted by atomic mass is 35.5. The first-order chi connectivity index (χ1) is 15.0. The minimum atomic E-state index is -0.633. The van der Waals surface area contributed by atoms with Crippen molar-refractivity contribution in [2.24, 2.45) is 0 Å². The van der Waals surface area contributed by atoms with Crippen LogP contribution in [-0.4, -0.2) is 34.0 Å². The molecule has 174 valence electrons. The quantitative estimate of drug-likeness (QED) is 0.455. The average molecular weight is 499 g/mol. The van der Waals surface area contributed by atoms with Gasteiger partial charge in [0.2, 0.25) is 11.8 Å². The fraction of sp³-hybridized carbons (Fsp3) is 0.417. The summed E-state index contributed by atoms with van der Waals surface area (Å²) in [6.07, 6.45) is 0.461. The lowest BCUT2D eigenvalue weighted by atomic mass is 10.1. The van der Waals surface area contributed by atoms with Crippen molar-refractivity contribution in [1.82, 2.24) is 10.2 Å². The Labute approximate surface area is 203 Å². The molecule has 0 saturated carbocycles. The zero-order valence-electron chi connectivity index (χ0n) is 18.8. The number of nitrogens with one attached hydrogen (secondary N) is 1. The molecule has 0 aromatic heterocycles. The van der Waals surface area contributed by atoms with Crippen molar-refractivity contribution in [3.8, 4) is 0 Å². The van der Waals surface area contributed by atoms with Crippen LogP contribution in [0.15, 0.2) is 42.5 Å². The predicted molar refractivity (Wildman–Crippen MR) is 132 cm³/mol. The summed E-state index contributed by atoms with van der Waals surface area (Å²) in [5, 5.41) is 4.07. The molecule has 0 fully saturated rings. The summed E-state index contributed by atoms with van der Waals surface area (Å²) in [6, 6.07) is 10.6. The van der Waals surface area contributed by atoms with Crippen LogP contribution in [-0.2, 0) is 21.9 Å². The maximum absolute atomic E-state index is 13.3. The smallest absolute Gasteiger partial charge is 0.243 e. The van der Waals surface area contributed by atoms with E-state index in [1.165, 1.54) is 23.9 Å². The largest absolute Gasteiger partial charge is 0.350 e. The molecule has 8 heteroatoms. The Morgan fingerprint density at radius 3 is 2.34 bits per heavy atom. The van der Waals surface area contributed by atoms with E-state index >= 15 is 0 Å². The SMILES string of the molecule is CC[C@@H](C(=O)NC(C)(C)C)N(Cc1ccc(F)cc1)C(=O)CSCc1ccc(Cl)cc1Cl. The van der Waals surface area contributed by atoms with Gasteiger partial charge in [-0.3, -0.25) is 9.59 Å². The summed E-state index contributed by atoms with van der Waals surface area (Å²) in [6.45, 7) is 7.79. The van der Waals surface area contributed by atoms with Crippen LogP contribution >= 0.6 is 35.0 Å². The predicted octanol–water partition coefficient (Wildman–Crippen LogP) is 6.09. The summed E-state index contributed by atoms with van der Waals surface area (Å²) >= 11 is 13.6. The molecule has 2 aromatic rings. The summed E-state index contributed by atoms with van der Waals surface area (Å²) in [4.78, 5) is 27.7. The molecule has 0 bridgehead atoms. The number of carbonyl (C=O) groups is 2. The highest BCUT2D eigenvalue weighted by Gasteiger charge is 2.30. The summed E-state index contributed by atoms with van der Waals surface area (Å²) in [7, 11) is 0. The molecule has 0 heterocycles. The molecule has 0 aliphatic rings. The van der Waals surface area contributed by atoms with Crippen molar-refractivity contribution in [3.63, 3.8) is 0 Å². The Bertz CT molecular complexity index is 933.